The Labute approximate surface area is 97.3 Å². The Morgan fingerprint density at radius 1 is 1.53 bits per heavy atom. The monoisotopic (exact) mass is 233 g/mol. The lowest BCUT2D eigenvalue weighted by atomic mass is 10.1. The number of nitrogens with zero attached hydrogens (tertiary/aromatic N) is 2. The van der Waals surface area contributed by atoms with Gasteiger partial charge >= 0.3 is 0 Å². The summed E-state index contributed by atoms with van der Waals surface area (Å²) in [6, 6.07) is 4.57. The molecule has 1 amide bonds. The first-order valence-corrected chi connectivity index (χ1v) is 5.00. The third-order valence-corrected chi connectivity index (χ3v) is 2.27. The van der Waals surface area contributed by atoms with Crippen molar-refractivity contribution in [1.29, 1.82) is 0 Å². The average Bonchev–Trinajstić information content (AvgIpc) is 2.78. The predicted octanol–water partition coefficient (Wildman–Crippen LogP) is 1.01. The Balaban J connectivity index is 2.04. The number of rotatable bonds is 3. The van der Waals surface area contributed by atoms with Crippen molar-refractivity contribution in [2.24, 2.45) is 0 Å². The van der Waals surface area contributed by atoms with Gasteiger partial charge in [-0.3, -0.25) is 4.79 Å². The lowest BCUT2D eigenvalue weighted by molar-refractivity contribution is 0.0949. The van der Waals surface area contributed by atoms with Crippen LogP contribution in [0.4, 0.5) is 0 Å². The molecular formula is C11H11N3O3. The first-order valence-electron chi connectivity index (χ1n) is 5.00. The fraction of sp³-hybridized carbons (Fsp3) is 0.182. The zero-order valence-electron chi connectivity index (χ0n) is 9.17. The third-order valence-electron chi connectivity index (χ3n) is 2.27. The molecule has 0 fully saturated rings. The minimum Gasteiger partial charge on any atom is -0.508 e. The second-order valence-electron chi connectivity index (χ2n) is 3.53. The van der Waals surface area contributed by atoms with Crippen LogP contribution in [0.3, 0.4) is 0 Å². The van der Waals surface area contributed by atoms with Crippen molar-refractivity contribution < 1.29 is 14.4 Å². The number of carbonyl (C=O) groups excluding carboxylic acids is 1. The van der Waals surface area contributed by atoms with E-state index < -0.39 is 0 Å². The Morgan fingerprint density at radius 2 is 2.35 bits per heavy atom. The highest BCUT2D eigenvalue weighted by Crippen LogP contribution is 2.15. The molecule has 1 heterocycles. The molecular weight excluding hydrogens is 222 g/mol. The second-order valence-corrected chi connectivity index (χ2v) is 3.53. The number of aryl methyl sites for hydroxylation is 1. The summed E-state index contributed by atoms with van der Waals surface area (Å²) in [6.45, 7) is 1.96. The molecule has 0 spiro atoms. The summed E-state index contributed by atoms with van der Waals surface area (Å²) < 4.78 is 4.55. The van der Waals surface area contributed by atoms with Crippen molar-refractivity contribution in [3.63, 3.8) is 0 Å². The van der Waals surface area contributed by atoms with Crippen molar-refractivity contribution in [2.45, 2.75) is 13.5 Å². The molecule has 2 N–H and O–H groups in total. The molecule has 0 radical (unpaired) electrons. The van der Waals surface area contributed by atoms with Crippen molar-refractivity contribution in [3.8, 4) is 5.75 Å². The van der Waals surface area contributed by atoms with E-state index >= 15 is 0 Å². The number of hydrogen-bond acceptors (Lipinski definition) is 5. The minimum absolute atomic E-state index is 0.136. The van der Waals surface area contributed by atoms with E-state index in [2.05, 4.69) is 20.0 Å². The topological polar surface area (TPSA) is 88.2 Å². The molecule has 17 heavy (non-hydrogen) atoms. The van der Waals surface area contributed by atoms with Gasteiger partial charge in [0.15, 0.2) is 5.82 Å². The van der Waals surface area contributed by atoms with E-state index in [0.717, 1.165) is 0 Å². The molecule has 0 saturated carbocycles. The number of nitrogens with one attached hydrogen (secondary N) is 1. The maximum atomic E-state index is 11.8. The number of aromatic hydroxyl groups is 1. The van der Waals surface area contributed by atoms with E-state index in [-0.39, 0.29) is 18.2 Å². The minimum atomic E-state index is -0.243. The number of aromatic nitrogens is 2. The van der Waals surface area contributed by atoms with Gasteiger partial charge in [-0.05, 0) is 30.7 Å². The van der Waals surface area contributed by atoms with Gasteiger partial charge in [0.25, 0.3) is 5.91 Å². The van der Waals surface area contributed by atoms with Crippen LogP contribution in [0.5, 0.6) is 5.75 Å². The van der Waals surface area contributed by atoms with Gasteiger partial charge in [0.05, 0.1) is 6.54 Å². The van der Waals surface area contributed by atoms with Gasteiger partial charge in [-0.2, -0.15) is 4.98 Å². The maximum absolute atomic E-state index is 11.8. The SMILES string of the molecule is Cc1cc(O)ccc1C(=O)NCc1ncon1. The maximum Gasteiger partial charge on any atom is 0.251 e. The van der Waals surface area contributed by atoms with E-state index in [1.54, 1.807) is 13.0 Å². The van der Waals surface area contributed by atoms with Crippen LogP contribution in [0, 0.1) is 6.92 Å². The molecule has 1 aromatic heterocycles. The molecule has 2 rings (SSSR count). The fourth-order valence-electron chi connectivity index (χ4n) is 1.43. The first kappa shape index (κ1) is 11.1. The van der Waals surface area contributed by atoms with Crippen molar-refractivity contribution in [3.05, 3.63) is 41.5 Å². The predicted molar refractivity (Wildman–Crippen MR) is 58.3 cm³/mol. The number of benzene rings is 1. The van der Waals surface area contributed by atoms with Gasteiger partial charge in [0.1, 0.15) is 5.75 Å². The molecule has 6 heteroatoms. The van der Waals surface area contributed by atoms with E-state index in [1.807, 2.05) is 0 Å². The summed E-state index contributed by atoms with van der Waals surface area (Å²) in [5, 5.41) is 15.5. The quantitative estimate of drug-likeness (QED) is 0.826. The Bertz CT molecular complexity index is 523. The van der Waals surface area contributed by atoms with E-state index in [4.69, 9.17) is 0 Å². The lowest BCUT2D eigenvalue weighted by Crippen LogP contribution is -2.24. The third kappa shape index (κ3) is 2.60. The molecule has 6 nitrogen and oxygen atoms in total. The van der Waals surface area contributed by atoms with Gasteiger partial charge in [0, 0.05) is 5.56 Å². The Morgan fingerprint density at radius 3 is 3.00 bits per heavy atom. The highest BCUT2D eigenvalue weighted by atomic mass is 16.5. The summed E-state index contributed by atoms with van der Waals surface area (Å²) in [5.74, 6) is 0.305. The molecule has 0 aliphatic heterocycles. The summed E-state index contributed by atoms with van der Waals surface area (Å²) >= 11 is 0. The van der Waals surface area contributed by atoms with Crippen molar-refractivity contribution in [2.75, 3.05) is 0 Å². The van der Waals surface area contributed by atoms with E-state index in [0.29, 0.717) is 17.0 Å². The van der Waals surface area contributed by atoms with Gasteiger partial charge in [-0.15, -0.1) is 0 Å². The van der Waals surface area contributed by atoms with Gasteiger partial charge in [-0.25, -0.2) is 0 Å². The summed E-state index contributed by atoms with van der Waals surface area (Å²) in [6.07, 6.45) is 1.20. The van der Waals surface area contributed by atoms with Crippen LogP contribution in [0.1, 0.15) is 21.7 Å². The molecule has 0 aliphatic carbocycles. The second kappa shape index (κ2) is 4.65. The zero-order chi connectivity index (χ0) is 12.3. The highest BCUT2D eigenvalue weighted by Gasteiger charge is 2.09. The van der Waals surface area contributed by atoms with Crippen LogP contribution in [-0.4, -0.2) is 21.2 Å². The summed E-state index contributed by atoms with van der Waals surface area (Å²) in [5.41, 5.74) is 1.21. The zero-order valence-corrected chi connectivity index (χ0v) is 9.17. The summed E-state index contributed by atoms with van der Waals surface area (Å²) in [4.78, 5) is 15.6. The van der Waals surface area contributed by atoms with Crippen LogP contribution >= 0.6 is 0 Å². The normalized spacial score (nSPS) is 10.2. The number of amides is 1. The molecule has 0 bridgehead atoms. The lowest BCUT2D eigenvalue weighted by Gasteiger charge is -2.06. The molecule has 0 atom stereocenters. The number of phenols is 1. The Hall–Kier alpha value is -2.37. The molecule has 2 aromatic rings. The van der Waals surface area contributed by atoms with Crippen molar-refractivity contribution >= 4 is 5.91 Å². The standard InChI is InChI=1S/C11H11N3O3/c1-7-4-8(15)2-3-9(7)11(16)12-5-10-13-6-17-14-10/h2-4,6,15H,5H2,1H3,(H,12,16). The van der Waals surface area contributed by atoms with Crippen LogP contribution in [0.2, 0.25) is 0 Å². The number of phenolic OH excluding ortho intramolecular Hbond substituents is 1. The summed E-state index contributed by atoms with van der Waals surface area (Å²) in [7, 11) is 0. The fourth-order valence-corrected chi connectivity index (χ4v) is 1.43. The van der Waals surface area contributed by atoms with Crippen molar-refractivity contribution in [1.82, 2.24) is 15.5 Å². The van der Waals surface area contributed by atoms with Crippen LogP contribution < -0.4 is 5.32 Å². The van der Waals surface area contributed by atoms with Crippen LogP contribution in [-0.2, 0) is 6.54 Å². The van der Waals surface area contributed by atoms with Crippen LogP contribution in [0.25, 0.3) is 0 Å². The molecule has 1 aromatic carbocycles. The largest absolute Gasteiger partial charge is 0.508 e. The molecule has 88 valence electrons. The molecule has 0 saturated heterocycles. The van der Waals surface area contributed by atoms with Gasteiger partial charge in [-0.1, -0.05) is 5.16 Å². The van der Waals surface area contributed by atoms with Gasteiger partial charge in [0.2, 0.25) is 6.39 Å². The average molecular weight is 233 g/mol. The molecule has 0 unspecified atom stereocenters. The van der Waals surface area contributed by atoms with E-state index in [9.17, 15) is 9.90 Å². The number of carbonyl (C=O) groups is 1. The molecule has 0 aliphatic rings. The smallest absolute Gasteiger partial charge is 0.251 e. The Kier molecular flexibility index (Phi) is 3.04. The van der Waals surface area contributed by atoms with E-state index in [1.165, 1.54) is 18.5 Å². The van der Waals surface area contributed by atoms with Crippen LogP contribution in [0.15, 0.2) is 29.1 Å². The van der Waals surface area contributed by atoms with Gasteiger partial charge < -0.3 is 14.9 Å². The highest BCUT2D eigenvalue weighted by molar-refractivity contribution is 5.95. The number of hydrogen-bond donors (Lipinski definition) is 2. The first-order chi connectivity index (χ1) is 8.16.